The van der Waals surface area contributed by atoms with Crippen LogP contribution in [0.2, 0.25) is 0 Å². The Labute approximate surface area is 194 Å². The molecule has 7 nitrogen and oxygen atoms in total. The molecule has 1 amide bonds. The Balaban J connectivity index is 1.61. The van der Waals surface area contributed by atoms with Crippen molar-refractivity contribution in [3.8, 4) is 0 Å². The molecule has 0 aliphatic carbocycles. The fraction of sp³-hybridized carbons (Fsp3) is 0.423. The molecule has 1 aliphatic rings. The summed E-state index contributed by atoms with van der Waals surface area (Å²) in [7, 11) is 0. The van der Waals surface area contributed by atoms with Crippen LogP contribution in [-0.2, 0) is 32.0 Å². The minimum atomic E-state index is -0.992. The van der Waals surface area contributed by atoms with E-state index in [4.69, 9.17) is 4.74 Å². The van der Waals surface area contributed by atoms with Gasteiger partial charge in [0.05, 0.1) is 12.6 Å². The lowest BCUT2D eigenvalue weighted by Crippen LogP contribution is -2.53. The van der Waals surface area contributed by atoms with Crippen LogP contribution in [0.15, 0.2) is 60.7 Å². The maximum atomic E-state index is 12.9. The van der Waals surface area contributed by atoms with Crippen LogP contribution >= 0.6 is 0 Å². The van der Waals surface area contributed by atoms with E-state index >= 15 is 0 Å². The number of hydrogen-bond acceptors (Lipinski definition) is 5. The van der Waals surface area contributed by atoms with E-state index in [1.54, 1.807) is 6.92 Å². The van der Waals surface area contributed by atoms with E-state index in [0.717, 1.165) is 11.1 Å². The third-order valence-electron chi connectivity index (χ3n) is 5.97. The Morgan fingerprint density at radius 1 is 1.03 bits per heavy atom. The molecule has 0 radical (unpaired) electrons. The summed E-state index contributed by atoms with van der Waals surface area (Å²) in [6, 6.07) is 17.4. The van der Waals surface area contributed by atoms with Crippen LogP contribution in [0.4, 0.5) is 0 Å². The molecule has 3 atom stereocenters. The number of carbonyl (C=O) groups excluding carboxylic acids is 2. The summed E-state index contributed by atoms with van der Waals surface area (Å²) in [5.74, 6) is -1.70. The van der Waals surface area contributed by atoms with Crippen molar-refractivity contribution in [2.45, 2.75) is 57.2 Å². The summed E-state index contributed by atoms with van der Waals surface area (Å²) in [5, 5.41) is 12.5. The number of benzene rings is 2. The van der Waals surface area contributed by atoms with Gasteiger partial charge in [0.2, 0.25) is 5.91 Å². The highest BCUT2D eigenvalue weighted by Gasteiger charge is 2.37. The fourth-order valence-corrected chi connectivity index (χ4v) is 4.15. The summed E-state index contributed by atoms with van der Waals surface area (Å²) in [5.41, 5.74) is 2.17. The molecule has 1 aliphatic heterocycles. The van der Waals surface area contributed by atoms with Gasteiger partial charge in [-0.1, -0.05) is 60.7 Å². The standard InChI is InChI=1S/C26H32N2O5/c1-19(24(29)28-17-8-13-23(28)25(30)31)27-22(15-14-20-9-4-2-5-10-20)26(32)33-18-16-21-11-6-3-7-12-21/h2-7,9-12,19,22-23,27H,8,13-18H2,1H3,(H,30,31)/t19-,22-,23+/m0/s1. The number of carbonyl (C=O) groups is 3. The molecule has 2 aromatic carbocycles. The quantitative estimate of drug-likeness (QED) is 0.509. The van der Waals surface area contributed by atoms with Crippen LogP contribution in [0.1, 0.15) is 37.3 Å². The number of aryl methyl sites for hydroxylation is 1. The predicted molar refractivity (Wildman–Crippen MR) is 125 cm³/mol. The van der Waals surface area contributed by atoms with Gasteiger partial charge >= 0.3 is 11.9 Å². The molecule has 0 saturated carbocycles. The molecular formula is C26H32N2O5. The van der Waals surface area contributed by atoms with Gasteiger partial charge < -0.3 is 14.7 Å². The minimum Gasteiger partial charge on any atom is -0.480 e. The number of ether oxygens (including phenoxy) is 1. The van der Waals surface area contributed by atoms with E-state index < -0.39 is 30.1 Å². The lowest BCUT2D eigenvalue weighted by Gasteiger charge is -2.28. The Morgan fingerprint density at radius 3 is 2.24 bits per heavy atom. The number of esters is 1. The van der Waals surface area contributed by atoms with Gasteiger partial charge in [0, 0.05) is 13.0 Å². The molecule has 176 valence electrons. The molecule has 2 aromatic rings. The lowest BCUT2D eigenvalue weighted by atomic mass is 10.0. The highest BCUT2D eigenvalue weighted by molar-refractivity contribution is 5.88. The van der Waals surface area contributed by atoms with Gasteiger partial charge in [-0.25, -0.2) is 4.79 Å². The zero-order chi connectivity index (χ0) is 23.6. The molecule has 0 unspecified atom stereocenters. The molecule has 33 heavy (non-hydrogen) atoms. The van der Waals surface area contributed by atoms with Crippen molar-refractivity contribution in [1.82, 2.24) is 10.2 Å². The first-order valence-electron chi connectivity index (χ1n) is 11.5. The van der Waals surface area contributed by atoms with Crippen molar-refractivity contribution in [2.24, 2.45) is 0 Å². The normalized spacial score (nSPS) is 17.4. The maximum Gasteiger partial charge on any atom is 0.326 e. The van der Waals surface area contributed by atoms with Crippen molar-refractivity contribution in [2.75, 3.05) is 13.2 Å². The van der Waals surface area contributed by atoms with Crippen molar-refractivity contribution in [3.05, 3.63) is 71.8 Å². The number of rotatable bonds is 11. The summed E-state index contributed by atoms with van der Waals surface area (Å²) >= 11 is 0. The first kappa shape index (κ1) is 24.5. The summed E-state index contributed by atoms with van der Waals surface area (Å²) in [4.78, 5) is 38.7. The number of carboxylic acid groups (broad SMARTS) is 1. The van der Waals surface area contributed by atoms with Gasteiger partial charge in [-0.05, 0) is 43.7 Å². The Morgan fingerprint density at radius 2 is 1.64 bits per heavy atom. The zero-order valence-corrected chi connectivity index (χ0v) is 19.0. The topological polar surface area (TPSA) is 95.9 Å². The SMILES string of the molecule is C[C@H](N[C@@H](CCc1ccccc1)C(=O)OCCc1ccccc1)C(=O)N1CCC[C@@H]1C(=O)O. The van der Waals surface area contributed by atoms with Crippen molar-refractivity contribution in [1.29, 1.82) is 0 Å². The highest BCUT2D eigenvalue weighted by Crippen LogP contribution is 2.19. The van der Waals surface area contributed by atoms with Gasteiger partial charge in [0.15, 0.2) is 0 Å². The van der Waals surface area contributed by atoms with Gasteiger partial charge in [0.1, 0.15) is 12.1 Å². The molecule has 1 saturated heterocycles. The van der Waals surface area contributed by atoms with E-state index in [9.17, 15) is 19.5 Å². The number of hydrogen-bond donors (Lipinski definition) is 2. The number of likely N-dealkylation sites (tertiary alicyclic amines) is 1. The lowest BCUT2D eigenvalue weighted by molar-refractivity contribution is -0.150. The number of nitrogens with zero attached hydrogens (tertiary/aromatic N) is 1. The molecule has 0 bridgehead atoms. The minimum absolute atomic E-state index is 0.252. The fourth-order valence-electron chi connectivity index (χ4n) is 4.15. The average Bonchev–Trinajstić information content (AvgIpc) is 3.33. The monoisotopic (exact) mass is 452 g/mol. The second kappa shape index (κ2) is 12.2. The van der Waals surface area contributed by atoms with Gasteiger partial charge in [-0.3, -0.25) is 14.9 Å². The number of aliphatic carboxylic acids is 1. The molecular weight excluding hydrogens is 420 g/mol. The van der Waals surface area contributed by atoms with Crippen LogP contribution < -0.4 is 5.32 Å². The van der Waals surface area contributed by atoms with E-state index in [-0.39, 0.29) is 12.5 Å². The summed E-state index contributed by atoms with van der Waals surface area (Å²) < 4.78 is 5.54. The molecule has 2 N–H and O–H groups in total. The molecule has 1 heterocycles. The molecule has 1 fully saturated rings. The average molecular weight is 453 g/mol. The zero-order valence-electron chi connectivity index (χ0n) is 19.0. The largest absolute Gasteiger partial charge is 0.480 e. The first-order chi connectivity index (χ1) is 16.0. The molecule has 0 spiro atoms. The van der Waals surface area contributed by atoms with Crippen molar-refractivity contribution in [3.63, 3.8) is 0 Å². The van der Waals surface area contributed by atoms with Gasteiger partial charge in [0.25, 0.3) is 0 Å². The number of nitrogens with one attached hydrogen (secondary N) is 1. The maximum absolute atomic E-state index is 12.9. The Kier molecular flexibility index (Phi) is 9.01. The van der Waals surface area contributed by atoms with Crippen LogP contribution in [0.3, 0.4) is 0 Å². The molecule has 3 rings (SSSR count). The molecule has 7 heteroatoms. The summed E-state index contributed by atoms with van der Waals surface area (Å²) in [6.07, 6.45) is 2.84. The van der Waals surface area contributed by atoms with Crippen LogP contribution in [0.25, 0.3) is 0 Å². The van der Waals surface area contributed by atoms with Gasteiger partial charge in [-0.15, -0.1) is 0 Å². The first-order valence-corrected chi connectivity index (χ1v) is 11.5. The Bertz CT molecular complexity index is 919. The van der Waals surface area contributed by atoms with Crippen molar-refractivity contribution >= 4 is 17.8 Å². The molecule has 0 aromatic heterocycles. The number of amides is 1. The highest BCUT2D eigenvalue weighted by atomic mass is 16.5. The third-order valence-corrected chi connectivity index (χ3v) is 5.97. The van der Waals surface area contributed by atoms with Crippen LogP contribution in [-0.4, -0.2) is 59.1 Å². The second-order valence-corrected chi connectivity index (χ2v) is 8.40. The van der Waals surface area contributed by atoms with Gasteiger partial charge in [-0.2, -0.15) is 0 Å². The van der Waals surface area contributed by atoms with E-state index in [0.29, 0.717) is 38.6 Å². The van der Waals surface area contributed by atoms with E-state index in [2.05, 4.69) is 5.32 Å². The smallest absolute Gasteiger partial charge is 0.326 e. The summed E-state index contributed by atoms with van der Waals surface area (Å²) in [6.45, 7) is 2.34. The van der Waals surface area contributed by atoms with Crippen molar-refractivity contribution < 1.29 is 24.2 Å². The van der Waals surface area contributed by atoms with Crippen LogP contribution in [0.5, 0.6) is 0 Å². The third kappa shape index (κ3) is 7.15. The van der Waals surface area contributed by atoms with E-state index in [1.807, 2.05) is 60.7 Å². The number of carboxylic acids is 1. The van der Waals surface area contributed by atoms with E-state index in [1.165, 1.54) is 4.90 Å². The second-order valence-electron chi connectivity index (χ2n) is 8.40. The van der Waals surface area contributed by atoms with Crippen LogP contribution in [0, 0.1) is 0 Å². The predicted octanol–water partition coefficient (Wildman–Crippen LogP) is 2.83. The Hall–Kier alpha value is -3.19.